The summed E-state index contributed by atoms with van der Waals surface area (Å²) in [5.74, 6) is 1.49. The minimum atomic E-state index is -0.347. The number of hydrogen-bond acceptors (Lipinski definition) is 4. The summed E-state index contributed by atoms with van der Waals surface area (Å²) in [6, 6.07) is 15.0. The second kappa shape index (κ2) is 14.9. The third-order valence-corrected chi connectivity index (χ3v) is 5.03. The molecular weight excluding hydrogens is 480 g/mol. The molecule has 0 amide bonds. The molecule has 35 heavy (non-hydrogen) atoms. The monoisotopic (exact) mass is 508 g/mol. The molecule has 0 aliphatic heterocycles. The molecule has 0 N–H and O–H groups in total. The van der Waals surface area contributed by atoms with Crippen molar-refractivity contribution >= 4 is 17.5 Å². The first-order chi connectivity index (χ1) is 16.5. The molecule has 0 atom stereocenters. The van der Waals surface area contributed by atoms with Crippen LogP contribution < -0.4 is 9.47 Å². The van der Waals surface area contributed by atoms with Gasteiger partial charge < -0.3 is 9.47 Å². The van der Waals surface area contributed by atoms with Gasteiger partial charge in [-0.1, -0.05) is 36.8 Å². The van der Waals surface area contributed by atoms with Crippen molar-refractivity contribution in [3.8, 4) is 11.5 Å². The Kier molecular flexibility index (Phi) is 12.3. The average molecular weight is 508 g/mol. The molecule has 4 rings (SSSR count). The van der Waals surface area contributed by atoms with Crippen molar-refractivity contribution in [3.63, 3.8) is 0 Å². The van der Waals surface area contributed by atoms with Gasteiger partial charge in [-0.05, 0) is 105 Å². The maximum Gasteiger partial charge on any atom is 2.00 e. The summed E-state index contributed by atoms with van der Waals surface area (Å²) in [7, 11) is 0. The Morgan fingerprint density at radius 1 is 0.629 bits per heavy atom. The number of benzene rings is 2. The predicted octanol–water partition coefficient (Wildman–Crippen LogP) is 6.17. The largest absolute Gasteiger partial charge is 2.00 e. The number of carbonyl (C=O) groups excluding carboxylic acids is 2. The molecule has 0 spiro atoms. The number of carbonyl (C=O) groups is 2. The summed E-state index contributed by atoms with van der Waals surface area (Å²) in [5, 5.41) is 0. The van der Waals surface area contributed by atoms with Crippen molar-refractivity contribution in [1.29, 1.82) is 0 Å². The van der Waals surface area contributed by atoms with Crippen LogP contribution in [0.4, 0.5) is 0 Å². The maximum atomic E-state index is 11.2. The van der Waals surface area contributed by atoms with Gasteiger partial charge in [-0.2, -0.15) is 0 Å². The first-order valence-corrected chi connectivity index (χ1v) is 11.2. The molecule has 0 aromatic heterocycles. The zero-order chi connectivity index (χ0) is 24.3. The van der Waals surface area contributed by atoms with Gasteiger partial charge in [0.2, 0.25) is 0 Å². The van der Waals surface area contributed by atoms with E-state index in [4.69, 9.17) is 9.47 Å². The molecule has 4 nitrogen and oxygen atoms in total. The van der Waals surface area contributed by atoms with E-state index in [1.807, 2.05) is 69.2 Å². The quantitative estimate of drug-likeness (QED) is 0.266. The van der Waals surface area contributed by atoms with Crippen LogP contribution in [0.1, 0.15) is 38.3 Å². The van der Waals surface area contributed by atoms with E-state index in [0.717, 1.165) is 29.0 Å². The Balaban J connectivity index is 0.000000640. The van der Waals surface area contributed by atoms with Gasteiger partial charge in [0.25, 0.3) is 0 Å². The van der Waals surface area contributed by atoms with Gasteiger partial charge in [0.1, 0.15) is 11.5 Å². The van der Waals surface area contributed by atoms with Gasteiger partial charge >= 0.3 is 29.0 Å². The Bertz CT molecular complexity index is 897. The fourth-order valence-corrected chi connectivity index (χ4v) is 3.65. The standard InChI is InChI=1S/C25H23O4.C5H5.Fe/c1-4-24(19-7-5-6-8-19)25(20-9-13-22(14-10-20)28-17(2)26)21-11-15-23(16-12-21)29-18(3)27;1-2-4-5-3-1;/h5-16H,4H2,1-3H3;1-5H;/q;;+2. The van der Waals surface area contributed by atoms with Crippen LogP contribution in [0.5, 0.6) is 11.5 Å². The zero-order valence-corrected chi connectivity index (χ0v) is 21.1. The molecule has 2 aliphatic rings. The van der Waals surface area contributed by atoms with Gasteiger partial charge in [0.05, 0.1) is 0 Å². The first-order valence-electron chi connectivity index (χ1n) is 11.2. The van der Waals surface area contributed by atoms with E-state index >= 15 is 0 Å². The molecule has 2 aliphatic carbocycles. The van der Waals surface area contributed by atoms with E-state index in [9.17, 15) is 9.59 Å². The molecule has 2 aromatic carbocycles. The van der Waals surface area contributed by atoms with Crippen LogP contribution >= 0.6 is 0 Å². The summed E-state index contributed by atoms with van der Waals surface area (Å²) in [6.07, 6.45) is 19.1. The molecule has 0 bridgehead atoms. The van der Waals surface area contributed by atoms with Gasteiger partial charge in [-0.3, -0.25) is 9.59 Å². The number of ether oxygens (including phenoxy) is 2. The molecule has 0 unspecified atom stereocenters. The number of rotatable bonds is 6. The fraction of sp³-hybridized carbons (Fsp3) is 0.133. The Labute approximate surface area is 221 Å². The SMILES string of the molecule is CCC([C]1[CH][CH][CH][CH]1)=C(c1ccc(OC(C)=O)cc1)c1ccc(OC(C)=O)cc1.[CH]1[CH][CH][CH][CH]1.[Fe+2]. The molecule has 2 aromatic rings. The van der Waals surface area contributed by atoms with Gasteiger partial charge in [0, 0.05) is 19.8 Å². The van der Waals surface area contributed by atoms with Gasteiger partial charge in [-0.25, -0.2) is 0 Å². The van der Waals surface area contributed by atoms with Crippen LogP contribution in [0.3, 0.4) is 0 Å². The van der Waals surface area contributed by atoms with Crippen LogP contribution in [-0.2, 0) is 26.7 Å². The van der Waals surface area contributed by atoms with Crippen molar-refractivity contribution in [1.82, 2.24) is 0 Å². The van der Waals surface area contributed by atoms with Crippen LogP contribution in [0.25, 0.3) is 5.57 Å². The number of hydrogen-bond donors (Lipinski definition) is 0. The van der Waals surface area contributed by atoms with E-state index in [1.54, 1.807) is 24.3 Å². The Morgan fingerprint density at radius 3 is 1.31 bits per heavy atom. The van der Waals surface area contributed by atoms with Crippen molar-refractivity contribution < 1.29 is 36.1 Å². The third-order valence-electron chi connectivity index (χ3n) is 5.03. The van der Waals surface area contributed by atoms with E-state index < -0.39 is 0 Å². The molecular formula is C30H28FeO4+2. The van der Waals surface area contributed by atoms with Gasteiger partial charge in [0.15, 0.2) is 0 Å². The zero-order valence-electron chi connectivity index (χ0n) is 20.0. The topological polar surface area (TPSA) is 52.6 Å². The smallest absolute Gasteiger partial charge is 0.427 e. The number of esters is 2. The third kappa shape index (κ3) is 8.98. The fourth-order valence-electron chi connectivity index (χ4n) is 3.65. The van der Waals surface area contributed by atoms with Crippen molar-refractivity contribution in [3.05, 3.63) is 129 Å². The average Bonchev–Trinajstić information content (AvgIpc) is 3.55. The molecule has 0 heterocycles. The van der Waals surface area contributed by atoms with Gasteiger partial charge in [-0.15, -0.1) is 0 Å². The molecule has 2 fully saturated rings. The van der Waals surface area contributed by atoms with Crippen LogP contribution in [-0.4, -0.2) is 11.9 Å². The second-order valence-corrected chi connectivity index (χ2v) is 7.58. The van der Waals surface area contributed by atoms with Crippen molar-refractivity contribution in [2.75, 3.05) is 0 Å². The molecule has 178 valence electrons. The summed E-state index contributed by atoms with van der Waals surface area (Å²) >= 11 is 0. The van der Waals surface area contributed by atoms with E-state index in [1.165, 1.54) is 19.4 Å². The summed E-state index contributed by atoms with van der Waals surface area (Å²) in [6.45, 7) is 4.89. The van der Waals surface area contributed by atoms with Crippen LogP contribution in [0.15, 0.2) is 54.1 Å². The van der Waals surface area contributed by atoms with Crippen LogP contribution in [0.2, 0.25) is 0 Å². The van der Waals surface area contributed by atoms with E-state index in [0.29, 0.717) is 11.5 Å². The van der Waals surface area contributed by atoms with Crippen molar-refractivity contribution in [2.24, 2.45) is 0 Å². The summed E-state index contributed by atoms with van der Waals surface area (Å²) < 4.78 is 10.3. The normalized spacial score (nSPS) is 14.8. The molecule has 5 heteroatoms. The van der Waals surface area contributed by atoms with Crippen molar-refractivity contribution in [2.45, 2.75) is 27.2 Å². The Hall–Kier alpha value is -2.36. The first kappa shape index (κ1) is 28.9. The summed E-state index contributed by atoms with van der Waals surface area (Å²) in [5.41, 5.74) is 4.32. The molecule has 0 saturated heterocycles. The van der Waals surface area contributed by atoms with Crippen LogP contribution in [0, 0.1) is 63.7 Å². The molecule has 10 radical (unpaired) electrons. The molecule has 2 saturated carbocycles. The minimum Gasteiger partial charge on any atom is -0.427 e. The predicted molar refractivity (Wildman–Crippen MR) is 134 cm³/mol. The number of allylic oxidation sites excluding steroid dienone is 1. The summed E-state index contributed by atoms with van der Waals surface area (Å²) in [4.78, 5) is 22.4. The van der Waals surface area contributed by atoms with E-state index in [-0.39, 0.29) is 29.0 Å². The minimum absolute atomic E-state index is 0. The second-order valence-electron chi connectivity index (χ2n) is 7.58. The Morgan fingerprint density at radius 2 is 1.00 bits per heavy atom. The van der Waals surface area contributed by atoms with E-state index in [2.05, 4.69) is 19.8 Å². The maximum absolute atomic E-state index is 11.2.